The molecule has 0 amide bonds. The van der Waals surface area contributed by atoms with E-state index in [1.54, 1.807) is 12.1 Å². The van der Waals surface area contributed by atoms with Crippen molar-refractivity contribution in [1.82, 2.24) is 0 Å². The Balaban J connectivity index is 1.71. The third-order valence-electron chi connectivity index (χ3n) is 6.58. The number of carbonyl (C=O) groups is 1. The van der Waals surface area contributed by atoms with Crippen molar-refractivity contribution < 1.29 is 9.90 Å². The minimum atomic E-state index is -0.303. The van der Waals surface area contributed by atoms with Gasteiger partial charge in [0.15, 0.2) is 5.78 Å². The molecule has 0 spiro atoms. The summed E-state index contributed by atoms with van der Waals surface area (Å²) >= 11 is 0. The van der Waals surface area contributed by atoms with E-state index in [4.69, 9.17) is 0 Å². The molecule has 0 aliphatic carbocycles. The number of aromatic hydroxyl groups is 1. The zero-order chi connectivity index (χ0) is 22.7. The molecule has 1 aliphatic rings. The Bertz CT molecular complexity index is 1060. The van der Waals surface area contributed by atoms with E-state index in [-0.39, 0.29) is 29.4 Å². The van der Waals surface area contributed by atoms with E-state index in [1.165, 1.54) is 11.1 Å². The number of benzene rings is 3. The Labute approximate surface area is 191 Å². The van der Waals surface area contributed by atoms with Crippen LogP contribution in [-0.2, 0) is 13.0 Å². The molecule has 1 heterocycles. The van der Waals surface area contributed by atoms with Crippen LogP contribution in [0.1, 0.15) is 66.6 Å². The number of fused-ring (bicyclic) bond motifs is 1. The van der Waals surface area contributed by atoms with Gasteiger partial charge in [0, 0.05) is 23.8 Å². The number of anilines is 1. The third-order valence-corrected chi connectivity index (χ3v) is 6.58. The second-order valence-electron chi connectivity index (χ2n) is 9.23. The zero-order valence-electron chi connectivity index (χ0n) is 19.3. The van der Waals surface area contributed by atoms with Gasteiger partial charge in [0.05, 0.1) is 5.92 Å². The summed E-state index contributed by atoms with van der Waals surface area (Å²) in [4.78, 5) is 16.2. The molecule has 2 unspecified atom stereocenters. The van der Waals surface area contributed by atoms with Crippen molar-refractivity contribution in [3.8, 4) is 5.75 Å². The second kappa shape index (κ2) is 9.60. The lowest BCUT2D eigenvalue weighted by atomic mass is 9.82. The first-order valence-corrected chi connectivity index (χ1v) is 11.8. The first-order valence-electron chi connectivity index (χ1n) is 11.8. The van der Waals surface area contributed by atoms with Crippen LogP contribution in [0.25, 0.3) is 0 Å². The van der Waals surface area contributed by atoms with Crippen molar-refractivity contribution in [1.29, 1.82) is 0 Å². The maximum atomic E-state index is 13.9. The molecule has 0 radical (unpaired) electrons. The number of rotatable bonds is 8. The van der Waals surface area contributed by atoms with Gasteiger partial charge < -0.3 is 10.0 Å². The van der Waals surface area contributed by atoms with Gasteiger partial charge in [-0.05, 0) is 53.6 Å². The van der Waals surface area contributed by atoms with Gasteiger partial charge in [-0.25, -0.2) is 0 Å². The van der Waals surface area contributed by atoms with Crippen molar-refractivity contribution in [2.75, 3.05) is 4.90 Å². The summed E-state index contributed by atoms with van der Waals surface area (Å²) < 4.78 is 0. The predicted octanol–water partition coefficient (Wildman–Crippen LogP) is 6.75. The topological polar surface area (TPSA) is 40.5 Å². The van der Waals surface area contributed by atoms with Gasteiger partial charge >= 0.3 is 0 Å². The van der Waals surface area contributed by atoms with Crippen LogP contribution in [0, 0.1) is 5.92 Å². The molecule has 3 aromatic rings. The van der Waals surface area contributed by atoms with Gasteiger partial charge in [-0.1, -0.05) is 81.8 Å². The minimum absolute atomic E-state index is 0.0271. The Kier molecular flexibility index (Phi) is 6.64. The van der Waals surface area contributed by atoms with Gasteiger partial charge in [-0.15, -0.1) is 0 Å². The summed E-state index contributed by atoms with van der Waals surface area (Å²) in [7, 11) is 0. The van der Waals surface area contributed by atoms with Crippen LogP contribution in [0.4, 0.5) is 5.69 Å². The van der Waals surface area contributed by atoms with Crippen LogP contribution < -0.4 is 4.90 Å². The quantitative estimate of drug-likeness (QED) is 0.404. The number of phenols is 1. The van der Waals surface area contributed by atoms with Crippen molar-refractivity contribution in [3.63, 3.8) is 0 Å². The maximum absolute atomic E-state index is 13.9. The van der Waals surface area contributed by atoms with Crippen LogP contribution in [0.5, 0.6) is 5.75 Å². The fourth-order valence-electron chi connectivity index (χ4n) is 4.99. The highest BCUT2D eigenvalue weighted by Crippen LogP contribution is 2.47. The fourth-order valence-corrected chi connectivity index (χ4v) is 4.99. The van der Waals surface area contributed by atoms with Crippen LogP contribution in [-0.4, -0.2) is 16.9 Å². The average Bonchev–Trinajstić information content (AvgIpc) is 3.11. The zero-order valence-corrected chi connectivity index (χ0v) is 19.3. The second-order valence-corrected chi connectivity index (χ2v) is 9.23. The van der Waals surface area contributed by atoms with E-state index in [1.807, 2.05) is 24.3 Å². The largest absolute Gasteiger partial charge is 0.508 e. The molecule has 0 aromatic heterocycles. The Morgan fingerprint density at radius 1 is 0.969 bits per heavy atom. The molecule has 2 atom stereocenters. The number of unbranched alkanes of at least 4 members (excludes halogenated alkanes) is 1. The molecule has 166 valence electrons. The van der Waals surface area contributed by atoms with Crippen LogP contribution in [0.2, 0.25) is 0 Å². The number of nitrogens with zero attached hydrogens (tertiary/aromatic N) is 1. The molecule has 0 saturated heterocycles. The number of hydrogen-bond donors (Lipinski definition) is 1. The molecule has 0 fully saturated rings. The smallest absolute Gasteiger partial charge is 0.172 e. The molecular formula is C29H33NO2. The summed E-state index contributed by atoms with van der Waals surface area (Å²) in [6.45, 7) is 7.30. The van der Waals surface area contributed by atoms with E-state index in [9.17, 15) is 9.90 Å². The highest BCUT2D eigenvalue weighted by atomic mass is 16.3. The standard InChI is InChI=1S/C29H33NO2/c1-4-5-9-21-12-14-23(15-13-21)29(32)27-25-18-24(31)16-17-26(25)30(28(27)20(2)3)19-22-10-7-6-8-11-22/h6-8,10-18,20,27-28,31H,4-5,9,19H2,1-3H3. The average molecular weight is 428 g/mol. The summed E-state index contributed by atoms with van der Waals surface area (Å²) in [5.41, 5.74) is 5.21. The number of aryl methyl sites for hydroxylation is 1. The van der Waals surface area contributed by atoms with E-state index < -0.39 is 0 Å². The highest BCUT2D eigenvalue weighted by molar-refractivity contribution is 6.04. The Morgan fingerprint density at radius 3 is 2.34 bits per heavy atom. The molecule has 32 heavy (non-hydrogen) atoms. The molecule has 3 aromatic carbocycles. The lowest BCUT2D eigenvalue weighted by Crippen LogP contribution is -2.40. The SMILES string of the molecule is CCCCc1ccc(C(=O)C2c3cc(O)ccc3N(Cc3ccccc3)C2C(C)C)cc1. The monoisotopic (exact) mass is 427 g/mol. The first kappa shape index (κ1) is 22.1. The van der Waals surface area contributed by atoms with E-state index in [2.05, 4.69) is 62.1 Å². The molecule has 0 bridgehead atoms. The third kappa shape index (κ3) is 4.43. The highest BCUT2D eigenvalue weighted by Gasteiger charge is 2.44. The number of ketones is 1. The van der Waals surface area contributed by atoms with Crippen molar-refractivity contribution in [2.24, 2.45) is 5.92 Å². The van der Waals surface area contributed by atoms with Crippen molar-refractivity contribution >= 4 is 11.5 Å². The maximum Gasteiger partial charge on any atom is 0.172 e. The summed E-state index contributed by atoms with van der Waals surface area (Å²) in [6.07, 6.45) is 3.37. The number of Topliss-reactive ketones (excluding diaryl/α,β-unsaturated/α-hetero) is 1. The van der Waals surface area contributed by atoms with Gasteiger partial charge in [0.1, 0.15) is 5.75 Å². The molecule has 4 rings (SSSR count). The number of phenolic OH excluding ortho intramolecular Hbond substituents is 1. The van der Waals surface area contributed by atoms with Crippen LogP contribution in [0.3, 0.4) is 0 Å². The van der Waals surface area contributed by atoms with E-state index in [0.29, 0.717) is 0 Å². The van der Waals surface area contributed by atoms with E-state index in [0.717, 1.165) is 42.6 Å². The lowest BCUT2D eigenvalue weighted by molar-refractivity contribution is 0.0941. The summed E-state index contributed by atoms with van der Waals surface area (Å²) in [6, 6.07) is 24.0. The fraction of sp³-hybridized carbons (Fsp3) is 0.345. The first-order chi connectivity index (χ1) is 15.5. The van der Waals surface area contributed by atoms with Gasteiger partial charge in [0.25, 0.3) is 0 Å². The van der Waals surface area contributed by atoms with Crippen LogP contribution in [0.15, 0.2) is 72.8 Å². The van der Waals surface area contributed by atoms with E-state index >= 15 is 0 Å². The molecule has 0 saturated carbocycles. The molecular weight excluding hydrogens is 394 g/mol. The van der Waals surface area contributed by atoms with Gasteiger partial charge in [-0.3, -0.25) is 4.79 Å². The van der Waals surface area contributed by atoms with Crippen molar-refractivity contribution in [3.05, 3.63) is 95.1 Å². The van der Waals surface area contributed by atoms with Gasteiger partial charge in [-0.2, -0.15) is 0 Å². The minimum Gasteiger partial charge on any atom is -0.508 e. The molecule has 1 N–H and O–H groups in total. The lowest BCUT2D eigenvalue weighted by Gasteiger charge is -2.33. The Hall–Kier alpha value is -3.07. The summed E-state index contributed by atoms with van der Waals surface area (Å²) in [5, 5.41) is 10.3. The molecule has 3 heteroatoms. The normalized spacial score (nSPS) is 17.6. The van der Waals surface area contributed by atoms with Crippen molar-refractivity contribution in [2.45, 2.75) is 58.5 Å². The number of carbonyl (C=O) groups excluding carboxylic acids is 1. The Morgan fingerprint density at radius 2 is 1.69 bits per heavy atom. The predicted molar refractivity (Wildman–Crippen MR) is 131 cm³/mol. The van der Waals surface area contributed by atoms with Gasteiger partial charge in [0.2, 0.25) is 0 Å². The summed E-state index contributed by atoms with van der Waals surface area (Å²) in [5.74, 6) is 0.307. The van der Waals surface area contributed by atoms with Crippen LogP contribution >= 0.6 is 0 Å². The molecule has 3 nitrogen and oxygen atoms in total. The molecule has 1 aliphatic heterocycles. The number of hydrogen-bond acceptors (Lipinski definition) is 3.